The van der Waals surface area contributed by atoms with Crippen LogP contribution >= 0.6 is 0 Å². The highest BCUT2D eigenvalue weighted by Crippen LogP contribution is 2.18. The lowest BCUT2D eigenvalue weighted by molar-refractivity contribution is -0.136. The number of hydrogen-bond acceptors (Lipinski definition) is 2. The second-order valence-electron chi connectivity index (χ2n) is 3.21. The van der Waals surface area contributed by atoms with Gasteiger partial charge in [0.05, 0.1) is 6.04 Å². The van der Waals surface area contributed by atoms with Gasteiger partial charge < -0.3 is 4.90 Å². The first-order chi connectivity index (χ1) is 5.66. The van der Waals surface area contributed by atoms with Crippen molar-refractivity contribution in [2.75, 3.05) is 6.54 Å². The largest absolute Gasteiger partial charge is 0.333 e. The van der Waals surface area contributed by atoms with Crippen molar-refractivity contribution in [3.05, 3.63) is 0 Å². The quantitative estimate of drug-likeness (QED) is 0.618. The number of nitrogens with zero attached hydrogens (tertiary/aromatic N) is 1. The predicted octanol–water partition coefficient (Wildman–Crippen LogP) is 0.976. The van der Waals surface area contributed by atoms with Crippen molar-refractivity contribution in [2.45, 2.75) is 39.2 Å². The lowest BCUT2D eigenvalue weighted by atomic mass is 10.1. The fourth-order valence-corrected chi connectivity index (χ4v) is 1.69. The molecule has 1 rings (SSSR count). The van der Waals surface area contributed by atoms with Crippen molar-refractivity contribution in [3.8, 4) is 0 Å². The molecule has 1 aliphatic heterocycles. The SMILES string of the molecule is CCC(=O)N1CCC[C@@H]1C(C)=O. The van der Waals surface area contributed by atoms with E-state index in [4.69, 9.17) is 0 Å². The Balaban J connectivity index is 2.63. The van der Waals surface area contributed by atoms with Gasteiger partial charge in [-0.1, -0.05) is 6.92 Å². The molecule has 12 heavy (non-hydrogen) atoms. The summed E-state index contributed by atoms with van der Waals surface area (Å²) in [4.78, 5) is 24.1. The first kappa shape index (κ1) is 9.23. The Hall–Kier alpha value is -0.860. The maximum Gasteiger partial charge on any atom is 0.222 e. The van der Waals surface area contributed by atoms with E-state index in [2.05, 4.69) is 0 Å². The van der Waals surface area contributed by atoms with Gasteiger partial charge in [0.25, 0.3) is 0 Å². The van der Waals surface area contributed by atoms with Crippen LogP contribution in [0.3, 0.4) is 0 Å². The van der Waals surface area contributed by atoms with Crippen molar-refractivity contribution in [1.29, 1.82) is 0 Å². The van der Waals surface area contributed by atoms with Crippen LogP contribution in [0.15, 0.2) is 0 Å². The molecular weight excluding hydrogens is 154 g/mol. The average Bonchev–Trinajstić information content (AvgIpc) is 2.50. The third-order valence-electron chi connectivity index (χ3n) is 2.34. The number of likely N-dealkylation sites (tertiary alicyclic amines) is 1. The molecule has 1 atom stereocenters. The molecule has 1 heterocycles. The Bertz CT molecular complexity index is 201. The molecule has 1 fully saturated rings. The summed E-state index contributed by atoms with van der Waals surface area (Å²) >= 11 is 0. The molecular formula is C9H15NO2. The van der Waals surface area contributed by atoms with Crippen LogP contribution in [0, 0.1) is 0 Å². The van der Waals surface area contributed by atoms with Gasteiger partial charge in [0.1, 0.15) is 0 Å². The minimum atomic E-state index is -0.127. The smallest absolute Gasteiger partial charge is 0.222 e. The van der Waals surface area contributed by atoms with Gasteiger partial charge in [-0.05, 0) is 19.8 Å². The molecule has 1 saturated heterocycles. The lowest BCUT2D eigenvalue weighted by Gasteiger charge is -2.21. The first-order valence-corrected chi connectivity index (χ1v) is 4.46. The minimum Gasteiger partial charge on any atom is -0.333 e. The summed E-state index contributed by atoms with van der Waals surface area (Å²) < 4.78 is 0. The Labute approximate surface area is 72.7 Å². The van der Waals surface area contributed by atoms with Gasteiger partial charge >= 0.3 is 0 Å². The zero-order valence-corrected chi connectivity index (χ0v) is 7.67. The molecule has 1 aliphatic rings. The highest BCUT2D eigenvalue weighted by atomic mass is 16.2. The molecule has 0 bridgehead atoms. The van der Waals surface area contributed by atoms with E-state index in [9.17, 15) is 9.59 Å². The Morgan fingerprint density at radius 1 is 1.50 bits per heavy atom. The standard InChI is InChI=1S/C9H15NO2/c1-3-9(12)10-6-4-5-8(10)7(2)11/h8H,3-6H2,1-2H3/t8-/m1/s1. The normalized spacial score (nSPS) is 22.8. The summed E-state index contributed by atoms with van der Waals surface area (Å²) in [5.41, 5.74) is 0. The van der Waals surface area contributed by atoms with Crippen molar-refractivity contribution >= 4 is 11.7 Å². The van der Waals surface area contributed by atoms with Crippen molar-refractivity contribution < 1.29 is 9.59 Å². The third kappa shape index (κ3) is 1.65. The van der Waals surface area contributed by atoms with E-state index in [0.717, 1.165) is 19.4 Å². The summed E-state index contributed by atoms with van der Waals surface area (Å²) in [5.74, 6) is 0.224. The van der Waals surface area contributed by atoms with E-state index < -0.39 is 0 Å². The molecule has 0 saturated carbocycles. The van der Waals surface area contributed by atoms with Gasteiger partial charge in [0, 0.05) is 13.0 Å². The second-order valence-corrected chi connectivity index (χ2v) is 3.21. The molecule has 0 unspecified atom stereocenters. The Morgan fingerprint density at radius 3 is 2.67 bits per heavy atom. The van der Waals surface area contributed by atoms with Crippen molar-refractivity contribution in [2.24, 2.45) is 0 Å². The highest BCUT2D eigenvalue weighted by molar-refractivity contribution is 5.87. The Morgan fingerprint density at radius 2 is 2.17 bits per heavy atom. The fourth-order valence-electron chi connectivity index (χ4n) is 1.69. The van der Waals surface area contributed by atoms with Crippen LogP contribution in [-0.2, 0) is 9.59 Å². The molecule has 3 heteroatoms. The first-order valence-electron chi connectivity index (χ1n) is 4.46. The molecule has 0 spiro atoms. The van der Waals surface area contributed by atoms with Gasteiger partial charge in [-0.2, -0.15) is 0 Å². The van der Waals surface area contributed by atoms with Gasteiger partial charge in [0.2, 0.25) is 5.91 Å². The number of carbonyl (C=O) groups excluding carboxylic acids is 2. The monoisotopic (exact) mass is 169 g/mol. The van der Waals surface area contributed by atoms with Crippen LogP contribution in [0.25, 0.3) is 0 Å². The van der Waals surface area contributed by atoms with Crippen LogP contribution < -0.4 is 0 Å². The molecule has 0 N–H and O–H groups in total. The summed E-state index contributed by atoms with van der Waals surface area (Å²) in [6.07, 6.45) is 2.32. The van der Waals surface area contributed by atoms with E-state index in [-0.39, 0.29) is 17.7 Å². The van der Waals surface area contributed by atoms with E-state index in [1.165, 1.54) is 0 Å². The summed E-state index contributed by atoms with van der Waals surface area (Å²) in [7, 11) is 0. The highest BCUT2D eigenvalue weighted by Gasteiger charge is 2.30. The van der Waals surface area contributed by atoms with Gasteiger partial charge in [-0.15, -0.1) is 0 Å². The topological polar surface area (TPSA) is 37.4 Å². The molecule has 0 aromatic carbocycles. The maximum atomic E-state index is 11.3. The lowest BCUT2D eigenvalue weighted by Crippen LogP contribution is -2.39. The predicted molar refractivity (Wildman–Crippen MR) is 45.7 cm³/mol. The van der Waals surface area contributed by atoms with Crippen LogP contribution in [0.4, 0.5) is 0 Å². The molecule has 3 nitrogen and oxygen atoms in total. The van der Waals surface area contributed by atoms with E-state index >= 15 is 0 Å². The van der Waals surface area contributed by atoms with Crippen molar-refractivity contribution in [1.82, 2.24) is 4.90 Å². The molecule has 0 aliphatic carbocycles. The number of rotatable bonds is 2. The van der Waals surface area contributed by atoms with E-state index in [1.807, 2.05) is 6.92 Å². The van der Waals surface area contributed by atoms with Gasteiger partial charge in [0.15, 0.2) is 5.78 Å². The number of hydrogen-bond donors (Lipinski definition) is 0. The number of ketones is 1. The van der Waals surface area contributed by atoms with Crippen LogP contribution in [0.2, 0.25) is 0 Å². The van der Waals surface area contributed by atoms with E-state index in [0.29, 0.717) is 6.42 Å². The zero-order valence-electron chi connectivity index (χ0n) is 7.67. The number of Topliss-reactive ketones (excluding diaryl/α,β-unsaturated/α-hetero) is 1. The number of amides is 1. The second kappa shape index (κ2) is 3.70. The zero-order chi connectivity index (χ0) is 9.14. The fraction of sp³-hybridized carbons (Fsp3) is 0.778. The van der Waals surface area contributed by atoms with Crippen molar-refractivity contribution in [3.63, 3.8) is 0 Å². The summed E-state index contributed by atoms with van der Waals surface area (Å²) in [6.45, 7) is 4.15. The molecule has 68 valence electrons. The summed E-state index contributed by atoms with van der Waals surface area (Å²) in [6, 6.07) is -0.127. The summed E-state index contributed by atoms with van der Waals surface area (Å²) in [5, 5.41) is 0. The molecule has 0 aromatic heterocycles. The maximum absolute atomic E-state index is 11.3. The number of carbonyl (C=O) groups is 2. The molecule has 0 aromatic rings. The molecule has 1 amide bonds. The Kier molecular flexibility index (Phi) is 2.84. The molecule has 0 radical (unpaired) electrons. The van der Waals surface area contributed by atoms with Crippen LogP contribution in [0.1, 0.15) is 33.1 Å². The average molecular weight is 169 g/mol. The van der Waals surface area contributed by atoms with Gasteiger partial charge in [-0.25, -0.2) is 0 Å². The van der Waals surface area contributed by atoms with Gasteiger partial charge in [-0.3, -0.25) is 9.59 Å². The van der Waals surface area contributed by atoms with E-state index in [1.54, 1.807) is 11.8 Å². The van der Waals surface area contributed by atoms with Crippen LogP contribution in [0.5, 0.6) is 0 Å². The minimum absolute atomic E-state index is 0.104. The van der Waals surface area contributed by atoms with Crippen LogP contribution in [-0.4, -0.2) is 29.2 Å². The third-order valence-corrected chi connectivity index (χ3v) is 2.34.